The Morgan fingerprint density at radius 1 is 1.13 bits per heavy atom. The second-order valence-corrected chi connectivity index (χ2v) is 6.19. The second kappa shape index (κ2) is 9.21. The maximum atomic E-state index is 12.7. The summed E-state index contributed by atoms with van der Waals surface area (Å²) in [5.74, 6) is -0.606. The Morgan fingerprint density at radius 3 is 2.70 bits per heavy atom. The molecular weight excluding hydrogens is 401 g/mol. The molecule has 10 heteroatoms. The van der Waals surface area contributed by atoms with Gasteiger partial charge in [0.05, 0.1) is 17.8 Å². The Balaban J connectivity index is 1.52. The van der Waals surface area contributed by atoms with Gasteiger partial charge in [-0.05, 0) is 36.4 Å². The summed E-state index contributed by atoms with van der Waals surface area (Å²) in [4.78, 5) is 27.8. The lowest BCUT2D eigenvalue weighted by molar-refractivity contribution is -0.137. The van der Waals surface area contributed by atoms with Crippen LogP contribution in [0.25, 0.3) is 11.3 Å². The molecule has 7 nitrogen and oxygen atoms in total. The first kappa shape index (κ1) is 21.0. The summed E-state index contributed by atoms with van der Waals surface area (Å²) >= 11 is 0. The highest BCUT2D eigenvalue weighted by atomic mass is 19.4. The summed E-state index contributed by atoms with van der Waals surface area (Å²) in [6.07, 6.45) is -1.26. The molecule has 3 rings (SSSR count). The third-order valence-corrected chi connectivity index (χ3v) is 4.00. The molecular formula is C20H17F3N4O3. The van der Waals surface area contributed by atoms with E-state index in [0.717, 1.165) is 17.7 Å². The predicted molar refractivity (Wildman–Crippen MR) is 102 cm³/mol. The number of ether oxygens (including phenoxy) is 1. The molecule has 0 saturated carbocycles. The van der Waals surface area contributed by atoms with E-state index >= 15 is 0 Å². The maximum Gasteiger partial charge on any atom is 0.416 e. The lowest BCUT2D eigenvalue weighted by Crippen LogP contribution is -2.34. The topological polar surface area (TPSA) is 86.1 Å². The van der Waals surface area contributed by atoms with Gasteiger partial charge in [0.25, 0.3) is 11.5 Å². The van der Waals surface area contributed by atoms with E-state index in [1.54, 1.807) is 30.6 Å². The Hall–Kier alpha value is -3.69. The molecule has 2 heterocycles. The molecule has 3 aromatic rings. The summed E-state index contributed by atoms with van der Waals surface area (Å²) in [6, 6.07) is 10.8. The molecule has 0 bridgehead atoms. The SMILES string of the molecule is O=C(COc1cccc(C(F)(F)F)c1)NCCn1nc(-c2cccnc2)ccc1=O. The molecule has 0 fully saturated rings. The molecule has 0 unspecified atom stereocenters. The average molecular weight is 418 g/mol. The third kappa shape index (κ3) is 5.66. The van der Waals surface area contributed by atoms with E-state index in [9.17, 15) is 22.8 Å². The summed E-state index contributed by atoms with van der Waals surface area (Å²) < 4.78 is 44.4. The fourth-order valence-corrected chi connectivity index (χ4v) is 2.54. The molecule has 2 aromatic heterocycles. The van der Waals surface area contributed by atoms with Crippen LogP contribution in [0.15, 0.2) is 65.7 Å². The van der Waals surface area contributed by atoms with Gasteiger partial charge in [-0.15, -0.1) is 0 Å². The number of amides is 1. The number of rotatable bonds is 7. The first-order valence-electron chi connectivity index (χ1n) is 8.88. The van der Waals surface area contributed by atoms with Crippen LogP contribution in [-0.4, -0.2) is 33.8 Å². The van der Waals surface area contributed by atoms with E-state index in [4.69, 9.17) is 4.74 Å². The summed E-state index contributed by atoms with van der Waals surface area (Å²) in [5.41, 5.74) is 0.100. The lowest BCUT2D eigenvalue weighted by atomic mass is 10.2. The highest BCUT2D eigenvalue weighted by Gasteiger charge is 2.30. The number of halogens is 3. The first-order chi connectivity index (χ1) is 14.3. The van der Waals surface area contributed by atoms with E-state index in [1.165, 1.54) is 22.9 Å². The fourth-order valence-electron chi connectivity index (χ4n) is 2.54. The van der Waals surface area contributed by atoms with Crippen molar-refractivity contribution in [3.05, 3.63) is 76.8 Å². The van der Waals surface area contributed by atoms with E-state index in [1.807, 2.05) is 0 Å². The molecule has 0 aliphatic rings. The van der Waals surface area contributed by atoms with Gasteiger partial charge in [0.15, 0.2) is 6.61 Å². The zero-order valence-electron chi connectivity index (χ0n) is 15.6. The van der Waals surface area contributed by atoms with Crippen molar-refractivity contribution in [2.75, 3.05) is 13.2 Å². The van der Waals surface area contributed by atoms with Gasteiger partial charge in [0, 0.05) is 30.6 Å². The minimum absolute atomic E-state index is 0.0676. The summed E-state index contributed by atoms with van der Waals surface area (Å²) in [6.45, 7) is -0.254. The monoisotopic (exact) mass is 418 g/mol. The van der Waals surface area contributed by atoms with Crippen LogP contribution >= 0.6 is 0 Å². The van der Waals surface area contributed by atoms with Crippen LogP contribution in [0, 0.1) is 0 Å². The molecule has 1 amide bonds. The third-order valence-electron chi connectivity index (χ3n) is 4.00. The molecule has 156 valence electrons. The predicted octanol–water partition coefficient (Wildman–Crippen LogP) is 2.52. The van der Waals surface area contributed by atoms with Crippen LogP contribution in [-0.2, 0) is 17.5 Å². The summed E-state index contributed by atoms with van der Waals surface area (Å²) in [5, 5.41) is 6.78. The van der Waals surface area contributed by atoms with E-state index in [2.05, 4.69) is 15.4 Å². The number of hydrogen-bond acceptors (Lipinski definition) is 5. The molecule has 1 aromatic carbocycles. The molecule has 1 N–H and O–H groups in total. The van der Waals surface area contributed by atoms with Crippen molar-refractivity contribution in [2.45, 2.75) is 12.7 Å². The van der Waals surface area contributed by atoms with Gasteiger partial charge in [-0.3, -0.25) is 14.6 Å². The van der Waals surface area contributed by atoms with Crippen LogP contribution in [0.3, 0.4) is 0 Å². The van der Waals surface area contributed by atoms with Gasteiger partial charge in [-0.2, -0.15) is 18.3 Å². The number of benzene rings is 1. The van der Waals surface area contributed by atoms with Gasteiger partial charge in [-0.1, -0.05) is 6.07 Å². The van der Waals surface area contributed by atoms with Gasteiger partial charge in [0.2, 0.25) is 0 Å². The minimum Gasteiger partial charge on any atom is -0.484 e. The van der Waals surface area contributed by atoms with E-state index in [-0.39, 0.29) is 24.4 Å². The number of nitrogens with one attached hydrogen (secondary N) is 1. The fraction of sp³-hybridized carbons (Fsp3) is 0.200. The molecule has 0 spiro atoms. The normalized spacial score (nSPS) is 11.2. The van der Waals surface area contributed by atoms with Crippen molar-refractivity contribution in [3.63, 3.8) is 0 Å². The molecule has 0 radical (unpaired) electrons. The lowest BCUT2D eigenvalue weighted by Gasteiger charge is -2.11. The van der Waals surface area contributed by atoms with Crippen LogP contribution in [0.5, 0.6) is 5.75 Å². The van der Waals surface area contributed by atoms with Gasteiger partial charge in [-0.25, -0.2) is 4.68 Å². The number of carbonyl (C=O) groups is 1. The van der Waals surface area contributed by atoms with Crippen LogP contribution in [0.4, 0.5) is 13.2 Å². The number of nitrogens with zero attached hydrogens (tertiary/aromatic N) is 3. The van der Waals surface area contributed by atoms with Gasteiger partial charge >= 0.3 is 6.18 Å². The van der Waals surface area contributed by atoms with Gasteiger partial charge < -0.3 is 10.1 Å². The van der Waals surface area contributed by atoms with E-state index in [0.29, 0.717) is 5.69 Å². The van der Waals surface area contributed by atoms with Crippen molar-refractivity contribution in [2.24, 2.45) is 0 Å². The zero-order chi connectivity index (χ0) is 21.6. The quantitative estimate of drug-likeness (QED) is 0.637. The Kier molecular flexibility index (Phi) is 6.45. The van der Waals surface area contributed by atoms with Crippen LogP contribution in [0.2, 0.25) is 0 Å². The Morgan fingerprint density at radius 2 is 1.97 bits per heavy atom. The number of alkyl halides is 3. The smallest absolute Gasteiger partial charge is 0.416 e. The van der Waals surface area contributed by atoms with Crippen molar-refractivity contribution < 1.29 is 22.7 Å². The van der Waals surface area contributed by atoms with Crippen LogP contribution < -0.4 is 15.6 Å². The maximum absolute atomic E-state index is 12.7. The number of hydrogen-bond donors (Lipinski definition) is 1. The highest BCUT2D eigenvalue weighted by Crippen LogP contribution is 2.31. The van der Waals surface area contributed by atoms with Gasteiger partial charge in [0.1, 0.15) is 5.75 Å². The first-order valence-corrected chi connectivity index (χ1v) is 8.88. The Labute approximate surface area is 169 Å². The second-order valence-electron chi connectivity index (χ2n) is 6.19. The number of pyridine rings is 1. The molecule has 0 atom stereocenters. The average Bonchev–Trinajstić information content (AvgIpc) is 2.74. The largest absolute Gasteiger partial charge is 0.484 e. The summed E-state index contributed by atoms with van der Waals surface area (Å²) in [7, 11) is 0. The molecule has 0 aliphatic heterocycles. The van der Waals surface area contributed by atoms with E-state index < -0.39 is 24.3 Å². The molecule has 0 aliphatic carbocycles. The number of carbonyl (C=O) groups excluding carboxylic acids is 1. The van der Waals surface area contributed by atoms with Crippen molar-refractivity contribution >= 4 is 5.91 Å². The molecule has 30 heavy (non-hydrogen) atoms. The van der Waals surface area contributed by atoms with Crippen molar-refractivity contribution in [1.29, 1.82) is 0 Å². The van der Waals surface area contributed by atoms with Crippen molar-refractivity contribution in [1.82, 2.24) is 20.1 Å². The van der Waals surface area contributed by atoms with Crippen LogP contribution in [0.1, 0.15) is 5.56 Å². The Bertz CT molecular complexity index is 1070. The highest BCUT2D eigenvalue weighted by molar-refractivity contribution is 5.77. The molecule has 0 saturated heterocycles. The van der Waals surface area contributed by atoms with Crippen molar-refractivity contribution in [3.8, 4) is 17.0 Å². The standard InChI is InChI=1S/C20H17F3N4O3/c21-20(22,23)15-4-1-5-16(11-15)30-13-18(28)25-9-10-27-19(29)7-6-17(26-27)14-3-2-8-24-12-14/h1-8,11-12H,9-10,13H2,(H,25,28). The zero-order valence-corrected chi connectivity index (χ0v) is 15.6. The minimum atomic E-state index is -4.49. The number of aromatic nitrogens is 3.